The highest BCUT2D eigenvalue weighted by Crippen LogP contribution is 2.28. The molecule has 27 heavy (non-hydrogen) atoms. The first kappa shape index (κ1) is 19.0. The second-order valence-corrected chi connectivity index (χ2v) is 6.77. The minimum Gasteiger partial charge on any atom is -0.489 e. The van der Waals surface area contributed by atoms with Crippen LogP contribution in [-0.4, -0.2) is 6.21 Å². The predicted molar refractivity (Wildman–Crippen MR) is 107 cm³/mol. The lowest BCUT2D eigenvalue weighted by Crippen LogP contribution is -1.96. The van der Waals surface area contributed by atoms with Gasteiger partial charge in [-0.2, -0.15) is 5.26 Å². The van der Waals surface area contributed by atoms with Gasteiger partial charge in [0.25, 0.3) is 0 Å². The van der Waals surface area contributed by atoms with Gasteiger partial charge in [0.1, 0.15) is 29.7 Å². The fourth-order valence-electron chi connectivity index (χ4n) is 2.41. The molecule has 0 unspecified atom stereocenters. The van der Waals surface area contributed by atoms with E-state index < -0.39 is 0 Å². The van der Waals surface area contributed by atoms with Crippen LogP contribution in [0.15, 0.2) is 51.9 Å². The summed E-state index contributed by atoms with van der Waals surface area (Å²) in [6, 6.07) is 14.9. The number of halogens is 2. The summed E-state index contributed by atoms with van der Waals surface area (Å²) in [5, 5.41) is 10.4. The lowest BCUT2D eigenvalue weighted by Gasteiger charge is -2.08. The molecule has 0 aliphatic heterocycles. The van der Waals surface area contributed by atoms with Gasteiger partial charge in [0.05, 0.1) is 0 Å². The number of rotatable bonds is 5. The summed E-state index contributed by atoms with van der Waals surface area (Å²) in [7, 11) is 0. The molecule has 0 bridgehead atoms. The van der Waals surface area contributed by atoms with Crippen LogP contribution in [0.1, 0.15) is 28.0 Å². The third-order valence-corrected chi connectivity index (χ3v) is 4.69. The maximum Gasteiger partial charge on any atom is 0.237 e. The molecule has 0 fully saturated rings. The standard InChI is InChI=1S/C21H16Cl2N2O2/c1-13-14(2)27-21(19(13)10-24)25-11-15-3-7-18(8-4-15)26-12-16-5-6-17(22)9-20(16)23/h3-9,11H,12H2,1-2H3. The second-order valence-electron chi connectivity index (χ2n) is 5.93. The monoisotopic (exact) mass is 398 g/mol. The van der Waals surface area contributed by atoms with Gasteiger partial charge in [-0.15, -0.1) is 0 Å². The van der Waals surface area contributed by atoms with Crippen LogP contribution in [0.4, 0.5) is 5.88 Å². The average molecular weight is 399 g/mol. The molecule has 3 rings (SSSR count). The third kappa shape index (κ3) is 4.51. The van der Waals surface area contributed by atoms with Crippen molar-refractivity contribution in [3.8, 4) is 11.8 Å². The molecule has 4 nitrogen and oxygen atoms in total. The zero-order chi connectivity index (χ0) is 19.4. The summed E-state index contributed by atoms with van der Waals surface area (Å²) in [4.78, 5) is 4.29. The molecule has 3 aromatic rings. The van der Waals surface area contributed by atoms with E-state index in [1.165, 1.54) is 0 Å². The number of benzene rings is 2. The average Bonchev–Trinajstić information content (AvgIpc) is 2.93. The minimum absolute atomic E-state index is 0.324. The molecule has 6 heteroatoms. The van der Waals surface area contributed by atoms with E-state index in [9.17, 15) is 5.26 Å². The fraction of sp³-hybridized carbons (Fsp3) is 0.143. The molecule has 0 saturated heterocycles. The number of furan rings is 1. The summed E-state index contributed by atoms with van der Waals surface area (Å²) < 4.78 is 11.3. The Balaban J connectivity index is 1.67. The largest absolute Gasteiger partial charge is 0.489 e. The molecule has 0 amide bonds. The Morgan fingerprint density at radius 2 is 1.89 bits per heavy atom. The van der Waals surface area contributed by atoms with Crippen molar-refractivity contribution >= 4 is 35.3 Å². The van der Waals surface area contributed by atoms with Gasteiger partial charge in [0, 0.05) is 27.4 Å². The first-order valence-corrected chi connectivity index (χ1v) is 8.94. The number of hydrogen-bond acceptors (Lipinski definition) is 4. The SMILES string of the molecule is Cc1oc(N=Cc2ccc(OCc3ccc(Cl)cc3Cl)cc2)c(C#N)c1C. The molecule has 0 aliphatic carbocycles. The highest BCUT2D eigenvalue weighted by Gasteiger charge is 2.12. The van der Waals surface area contributed by atoms with Crippen molar-refractivity contribution in [2.45, 2.75) is 20.5 Å². The van der Waals surface area contributed by atoms with Crippen LogP contribution in [0, 0.1) is 25.2 Å². The van der Waals surface area contributed by atoms with Gasteiger partial charge in [-0.05, 0) is 55.8 Å². The molecule has 2 aromatic carbocycles. The van der Waals surface area contributed by atoms with Crippen LogP contribution < -0.4 is 4.74 Å². The van der Waals surface area contributed by atoms with Crippen molar-refractivity contribution in [3.05, 3.63) is 80.5 Å². The quantitative estimate of drug-likeness (QED) is 0.466. The van der Waals surface area contributed by atoms with Crippen LogP contribution in [-0.2, 0) is 6.61 Å². The molecule has 136 valence electrons. The van der Waals surface area contributed by atoms with Crippen LogP contribution in [0.5, 0.6) is 5.75 Å². The molecule has 0 aliphatic rings. The lowest BCUT2D eigenvalue weighted by molar-refractivity contribution is 0.306. The third-order valence-electron chi connectivity index (χ3n) is 4.10. The van der Waals surface area contributed by atoms with Gasteiger partial charge in [-0.3, -0.25) is 0 Å². The van der Waals surface area contributed by atoms with Gasteiger partial charge in [-0.25, -0.2) is 4.99 Å². The molecule has 1 heterocycles. The highest BCUT2D eigenvalue weighted by molar-refractivity contribution is 6.35. The smallest absolute Gasteiger partial charge is 0.237 e. The summed E-state index contributed by atoms with van der Waals surface area (Å²) in [6.45, 7) is 4.00. The van der Waals surface area contributed by atoms with E-state index in [1.807, 2.05) is 44.2 Å². The number of aryl methyl sites for hydroxylation is 1. The number of hydrogen-bond donors (Lipinski definition) is 0. The van der Waals surface area contributed by atoms with E-state index in [0.29, 0.717) is 39.6 Å². The Hall–Kier alpha value is -2.74. The molecule has 0 atom stereocenters. The first-order valence-electron chi connectivity index (χ1n) is 8.19. The van der Waals surface area contributed by atoms with E-state index >= 15 is 0 Å². The maximum absolute atomic E-state index is 9.22. The Bertz CT molecular complexity index is 1030. The van der Waals surface area contributed by atoms with E-state index in [-0.39, 0.29) is 0 Å². The van der Waals surface area contributed by atoms with Gasteiger partial charge < -0.3 is 9.15 Å². The van der Waals surface area contributed by atoms with Crippen LogP contribution in [0.25, 0.3) is 0 Å². The van der Waals surface area contributed by atoms with Gasteiger partial charge in [0.2, 0.25) is 5.88 Å². The van der Waals surface area contributed by atoms with Crippen molar-refractivity contribution in [1.29, 1.82) is 5.26 Å². The molecule has 0 spiro atoms. The zero-order valence-electron chi connectivity index (χ0n) is 14.8. The topological polar surface area (TPSA) is 58.5 Å². The number of nitriles is 1. The fourth-order valence-corrected chi connectivity index (χ4v) is 2.88. The molecule has 0 N–H and O–H groups in total. The Morgan fingerprint density at radius 3 is 2.56 bits per heavy atom. The lowest BCUT2D eigenvalue weighted by atomic mass is 10.2. The van der Waals surface area contributed by atoms with Crippen LogP contribution >= 0.6 is 23.2 Å². The number of aliphatic imine (C=N–C) groups is 1. The van der Waals surface area contributed by atoms with Gasteiger partial charge >= 0.3 is 0 Å². The Kier molecular flexibility index (Phi) is 5.85. The summed E-state index contributed by atoms with van der Waals surface area (Å²) in [6.07, 6.45) is 1.65. The summed E-state index contributed by atoms with van der Waals surface area (Å²) >= 11 is 12.0. The van der Waals surface area contributed by atoms with Crippen molar-refractivity contribution in [2.75, 3.05) is 0 Å². The molecular weight excluding hydrogens is 383 g/mol. The highest BCUT2D eigenvalue weighted by atomic mass is 35.5. The Morgan fingerprint density at radius 1 is 1.15 bits per heavy atom. The first-order chi connectivity index (χ1) is 13.0. The number of nitrogens with zero attached hydrogens (tertiary/aromatic N) is 2. The predicted octanol–water partition coefficient (Wildman–Crippen LogP) is 6.40. The zero-order valence-corrected chi connectivity index (χ0v) is 16.3. The van der Waals surface area contributed by atoms with Crippen molar-refractivity contribution < 1.29 is 9.15 Å². The molecule has 0 radical (unpaired) electrons. The van der Waals surface area contributed by atoms with Gasteiger partial charge in [0.15, 0.2) is 0 Å². The number of ether oxygens (including phenoxy) is 1. The van der Waals surface area contributed by atoms with E-state index in [2.05, 4.69) is 11.1 Å². The molecule has 1 aromatic heterocycles. The molecule has 0 saturated carbocycles. The molecular formula is C21H16Cl2N2O2. The van der Waals surface area contributed by atoms with Crippen molar-refractivity contribution in [1.82, 2.24) is 0 Å². The van der Waals surface area contributed by atoms with E-state index in [4.69, 9.17) is 32.4 Å². The van der Waals surface area contributed by atoms with Crippen LogP contribution in [0.3, 0.4) is 0 Å². The minimum atomic E-state index is 0.324. The normalized spacial score (nSPS) is 10.9. The van der Waals surface area contributed by atoms with Crippen molar-refractivity contribution in [3.63, 3.8) is 0 Å². The van der Waals surface area contributed by atoms with Crippen molar-refractivity contribution in [2.24, 2.45) is 4.99 Å². The Labute approximate surface area is 167 Å². The van der Waals surface area contributed by atoms with E-state index in [1.54, 1.807) is 18.3 Å². The van der Waals surface area contributed by atoms with E-state index in [0.717, 1.165) is 16.7 Å². The summed E-state index contributed by atoms with van der Waals surface area (Å²) in [5.74, 6) is 1.73. The maximum atomic E-state index is 9.22. The van der Waals surface area contributed by atoms with Crippen LogP contribution in [0.2, 0.25) is 10.0 Å². The van der Waals surface area contributed by atoms with Gasteiger partial charge in [-0.1, -0.05) is 29.3 Å². The summed E-state index contributed by atoms with van der Waals surface area (Å²) in [5.41, 5.74) is 3.00. The second kappa shape index (κ2) is 8.30.